The highest BCUT2D eigenvalue weighted by Crippen LogP contribution is 2.25. The van der Waals surface area contributed by atoms with Crippen molar-refractivity contribution in [2.45, 2.75) is 20.8 Å². The number of rotatable bonds is 5. The molecular formula is C16H20ClFN6O. The predicted molar refractivity (Wildman–Crippen MR) is 96.4 cm³/mol. The molecule has 0 fully saturated rings. The highest BCUT2D eigenvalue weighted by Gasteiger charge is 2.20. The standard InChI is InChI=1S/C16H20ClFN6O/c1-8(2)7-24(4)15-13(17)22-12(14(19)23-15)16(25)21-10-6-20-11(18)5-9(10)3/h5-6,8H,7H2,1-4H3,(H2,19,23)(H,21,25). The summed E-state index contributed by atoms with van der Waals surface area (Å²) in [7, 11) is 1.82. The molecular weight excluding hydrogens is 347 g/mol. The average Bonchev–Trinajstić information content (AvgIpc) is 2.51. The fourth-order valence-corrected chi connectivity index (χ4v) is 2.57. The van der Waals surface area contributed by atoms with Gasteiger partial charge in [-0.15, -0.1) is 0 Å². The molecule has 2 aromatic rings. The van der Waals surface area contributed by atoms with Gasteiger partial charge in [0.25, 0.3) is 5.91 Å². The fourth-order valence-electron chi connectivity index (χ4n) is 2.30. The molecule has 0 bridgehead atoms. The van der Waals surface area contributed by atoms with Crippen molar-refractivity contribution in [3.05, 3.63) is 34.6 Å². The normalized spacial score (nSPS) is 10.8. The molecule has 1 amide bonds. The van der Waals surface area contributed by atoms with Gasteiger partial charge < -0.3 is 16.0 Å². The first-order valence-electron chi connectivity index (χ1n) is 7.66. The van der Waals surface area contributed by atoms with Crippen LogP contribution in [0.5, 0.6) is 0 Å². The Morgan fingerprint density at radius 2 is 2.12 bits per heavy atom. The molecule has 0 atom stereocenters. The lowest BCUT2D eigenvalue weighted by atomic mass is 10.2. The van der Waals surface area contributed by atoms with E-state index < -0.39 is 11.9 Å². The van der Waals surface area contributed by atoms with Crippen LogP contribution in [0.25, 0.3) is 0 Å². The van der Waals surface area contributed by atoms with E-state index in [4.69, 9.17) is 17.3 Å². The summed E-state index contributed by atoms with van der Waals surface area (Å²) in [5, 5.41) is 2.66. The molecule has 7 nitrogen and oxygen atoms in total. The molecule has 0 aliphatic rings. The predicted octanol–water partition coefficient (Wildman–Crippen LogP) is 2.90. The van der Waals surface area contributed by atoms with Gasteiger partial charge >= 0.3 is 0 Å². The summed E-state index contributed by atoms with van der Waals surface area (Å²) in [4.78, 5) is 26.0. The van der Waals surface area contributed by atoms with Crippen LogP contribution in [0.2, 0.25) is 5.15 Å². The number of carbonyl (C=O) groups excluding carboxylic acids is 1. The number of nitrogen functional groups attached to an aromatic ring is 1. The van der Waals surface area contributed by atoms with Crippen LogP contribution in [0.15, 0.2) is 12.3 Å². The number of nitrogens with one attached hydrogen (secondary N) is 1. The fraction of sp³-hybridized carbons (Fsp3) is 0.375. The molecule has 0 aliphatic carbocycles. The molecule has 0 aliphatic heterocycles. The van der Waals surface area contributed by atoms with Crippen molar-refractivity contribution in [1.82, 2.24) is 15.0 Å². The zero-order valence-electron chi connectivity index (χ0n) is 14.5. The SMILES string of the molecule is Cc1cc(F)ncc1NC(=O)c1nc(Cl)c(N(C)CC(C)C)nc1N. The number of hydrogen-bond donors (Lipinski definition) is 2. The van der Waals surface area contributed by atoms with Gasteiger partial charge in [-0.05, 0) is 24.5 Å². The minimum atomic E-state index is -0.629. The zero-order chi connectivity index (χ0) is 18.7. The van der Waals surface area contributed by atoms with Gasteiger partial charge in [0.05, 0.1) is 11.9 Å². The minimum Gasteiger partial charge on any atom is -0.382 e. The maximum atomic E-state index is 13.0. The molecule has 0 spiro atoms. The number of aromatic nitrogens is 3. The third-order valence-corrected chi connectivity index (χ3v) is 3.66. The Bertz CT molecular complexity index is 798. The van der Waals surface area contributed by atoms with Crippen molar-refractivity contribution in [1.29, 1.82) is 0 Å². The largest absolute Gasteiger partial charge is 0.382 e. The highest BCUT2D eigenvalue weighted by atomic mass is 35.5. The van der Waals surface area contributed by atoms with Crippen LogP contribution in [0, 0.1) is 18.8 Å². The van der Waals surface area contributed by atoms with Crippen molar-refractivity contribution in [2.75, 3.05) is 29.5 Å². The van der Waals surface area contributed by atoms with Gasteiger partial charge in [0.1, 0.15) is 0 Å². The Hall–Kier alpha value is -2.48. The molecule has 2 rings (SSSR count). The molecule has 25 heavy (non-hydrogen) atoms. The van der Waals surface area contributed by atoms with E-state index in [0.29, 0.717) is 29.5 Å². The number of carbonyl (C=O) groups is 1. The van der Waals surface area contributed by atoms with Crippen LogP contribution >= 0.6 is 11.6 Å². The van der Waals surface area contributed by atoms with E-state index in [1.165, 1.54) is 12.3 Å². The lowest BCUT2D eigenvalue weighted by molar-refractivity contribution is 0.102. The zero-order valence-corrected chi connectivity index (χ0v) is 15.2. The Morgan fingerprint density at radius 3 is 2.72 bits per heavy atom. The number of pyridine rings is 1. The molecule has 9 heteroatoms. The summed E-state index contributed by atoms with van der Waals surface area (Å²) < 4.78 is 13.0. The Morgan fingerprint density at radius 1 is 1.44 bits per heavy atom. The van der Waals surface area contributed by atoms with Gasteiger partial charge in [0.2, 0.25) is 5.95 Å². The summed E-state index contributed by atoms with van der Waals surface area (Å²) in [5.74, 6) is -0.470. The smallest absolute Gasteiger partial charge is 0.278 e. The molecule has 134 valence electrons. The van der Waals surface area contributed by atoms with Gasteiger partial charge in [-0.25, -0.2) is 15.0 Å². The first-order valence-corrected chi connectivity index (χ1v) is 8.04. The van der Waals surface area contributed by atoms with E-state index in [1.54, 1.807) is 6.92 Å². The Kier molecular flexibility index (Phi) is 5.73. The van der Waals surface area contributed by atoms with E-state index in [9.17, 15) is 9.18 Å². The number of amides is 1. The summed E-state index contributed by atoms with van der Waals surface area (Å²) >= 11 is 6.17. The van der Waals surface area contributed by atoms with Crippen molar-refractivity contribution in [3.63, 3.8) is 0 Å². The maximum Gasteiger partial charge on any atom is 0.278 e. The lowest BCUT2D eigenvalue weighted by Gasteiger charge is -2.21. The molecule has 0 saturated carbocycles. The third-order valence-electron chi connectivity index (χ3n) is 3.40. The van der Waals surface area contributed by atoms with Gasteiger partial charge in [0.15, 0.2) is 22.5 Å². The highest BCUT2D eigenvalue weighted by molar-refractivity contribution is 6.32. The van der Waals surface area contributed by atoms with Crippen LogP contribution in [0.1, 0.15) is 29.9 Å². The number of halogens is 2. The second-order valence-electron chi connectivity index (χ2n) is 6.12. The van der Waals surface area contributed by atoms with Crippen molar-refractivity contribution in [2.24, 2.45) is 5.92 Å². The summed E-state index contributed by atoms with van der Waals surface area (Å²) in [6, 6.07) is 1.21. The van der Waals surface area contributed by atoms with Gasteiger partial charge in [-0.3, -0.25) is 4.79 Å². The monoisotopic (exact) mass is 366 g/mol. The van der Waals surface area contributed by atoms with E-state index in [2.05, 4.69) is 34.1 Å². The number of hydrogen-bond acceptors (Lipinski definition) is 6. The number of nitrogens with zero attached hydrogens (tertiary/aromatic N) is 4. The van der Waals surface area contributed by atoms with Crippen molar-refractivity contribution >= 4 is 34.8 Å². The van der Waals surface area contributed by atoms with Crippen LogP contribution in [-0.4, -0.2) is 34.5 Å². The average molecular weight is 367 g/mol. The first-order chi connectivity index (χ1) is 11.7. The van der Waals surface area contributed by atoms with Crippen LogP contribution in [-0.2, 0) is 0 Å². The van der Waals surface area contributed by atoms with Crippen LogP contribution in [0.3, 0.4) is 0 Å². The Balaban J connectivity index is 2.27. The molecule has 0 radical (unpaired) electrons. The second kappa shape index (κ2) is 7.60. The van der Waals surface area contributed by atoms with Crippen LogP contribution < -0.4 is 16.0 Å². The second-order valence-corrected chi connectivity index (χ2v) is 6.48. The van der Waals surface area contributed by atoms with Crippen molar-refractivity contribution in [3.8, 4) is 0 Å². The topological polar surface area (TPSA) is 97.0 Å². The summed E-state index contributed by atoms with van der Waals surface area (Å²) in [6.45, 7) is 6.47. The quantitative estimate of drug-likeness (QED) is 0.790. The maximum absolute atomic E-state index is 13.0. The first kappa shape index (κ1) is 18.9. The van der Waals surface area contributed by atoms with E-state index in [1.807, 2.05) is 11.9 Å². The summed E-state index contributed by atoms with van der Waals surface area (Å²) in [6.07, 6.45) is 1.22. The molecule has 0 unspecified atom stereocenters. The Labute approximate surface area is 150 Å². The van der Waals surface area contributed by atoms with E-state index in [0.717, 1.165) is 0 Å². The van der Waals surface area contributed by atoms with Gasteiger partial charge in [-0.1, -0.05) is 25.4 Å². The van der Waals surface area contributed by atoms with Crippen molar-refractivity contribution < 1.29 is 9.18 Å². The van der Waals surface area contributed by atoms with E-state index >= 15 is 0 Å². The van der Waals surface area contributed by atoms with E-state index in [-0.39, 0.29) is 16.7 Å². The molecule has 0 saturated heterocycles. The number of anilines is 3. The number of aryl methyl sites for hydroxylation is 1. The lowest BCUT2D eigenvalue weighted by Crippen LogP contribution is -2.26. The number of nitrogens with two attached hydrogens (primary N) is 1. The minimum absolute atomic E-state index is 0.0415. The van der Waals surface area contributed by atoms with Crippen LogP contribution in [0.4, 0.5) is 21.7 Å². The molecule has 0 aromatic carbocycles. The summed E-state index contributed by atoms with van der Waals surface area (Å²) in [5.41, 5.74) is 6.65. The van der Waals surface area contributed by atoms with Gasteiger partial charge in [-0.2, -0.15) is 4.39 Å². The molecule has 2 aromatic heterocycles. The molecule has 2 heterocycles. The third kappa shape index (κ3) is 4.54. The molecule has 3 N–H and O–H groups in total. The van der Waals surface area contributed by atoms with Gasteiger partial charge in [0, 0.05) is 13.6 Å².